The molecule has 0 bridgehead atoms. The van der Waals surface area contributed by atoms with Crippen LogP contribution in [0.15, 0.2) is 17.1 Å². The fourth-order valence-electron chi connectivity index (χ4n) is 3.08. The number of rotatable bonds is 13. The summed E-state index contributed by atoms with van der Waals surface area (Å²) in [4.78, 5) is 6.83. The summed E-state index contributed by atoms with van der Waals surface area (Å²) in [7, 11) is 0. The number of allylic oxidation sites excluding steroid dienone is 2. The summed E-state index contributed by atoms with van der Waals surface area (Å²) in [6.45, 7) is 5.18. The standard InChI is InChI=1S/C19H37N3/c1-3-4-5-6-7-8-9-10-11-12-13-14-15-19-21-16-17-22(19)18(2)20/h4-5,16,18-19H,3,6-15,17,20H2,1-2H3/b5-4+. The lowest BCUT2D eigenvalue weighted by Gasteiger charge is -2.26. The second-order valence-corrected chi connectivity index (χ2v) is 6.54. The number of hydrogen-bond donors (Lipinski definition) is 1. The summed E-state index contributed by atoms with van der Waals surface area (Å²) < 4.78 is 0. The minimum absolute atomic E-state index is 0.125. The van der Waals surface area contributed by atoms with Crippen molar-refractivity contribution in [3.8, 4) is 0 Å². The molecular formula is C19H37N3. The smallest absolute Gasteiger partial charge is 0.103 e. The largest absolute Gasteiger partial charge is 0.316 e. The van der Waals surface area contributed by atoms with Gasteiger partial charge in [0.2, 0.25) is 0 Å². The summed E-state index contributed by atoms with van der Waals surface area (Å²) in [5.74, 6) is 0. The summed E-state index contributed by atoms with van der Waals surface area (Å²) in [6.07, 6.45) is 21.7. The van der Waals surface area contributed by atoms with E-state index >= 15 is 0 Å². The third kappa shape index (κ3) is 8.70. The maximum Gasteiger partial charge on any atom is 0.103 e. The van der Waals surface area contributed by atoms with E-state index in [0.29, 0.717) is 6.17 Å². The maximum atomic E-state index is 5.97. The molecule has 0 aliphatic carbocycles. The Labute approximate surface area is 138 Å². The molecule has 0 aromatic heterocycles. The molecule has 0 aromatic carbocycles. The van der Waals surface area contributed by atoms with Gasteiger partial charge in [0, 0.05) is 12.8 Å². The highest BCUT2D eigenvalue weighted by Crippen LogP contribution is 2.17. The van der Waals surface area contributed by atoms with Gasteiger partial charge in [0.05, 0.1) is 6.17 Å². The van der Waals surface area contributed by atoms with E-state index in [1.807, 2.05) is 6.21 Å². The Morgan fingerprint density at radius 1 is 1.09 bits per heavy atom. The van der Waals surface area contributed by atoms with Gasteiger partial charge >= 0.3 is 0 Å². The fraction of sp³-hybridized carbons (Fsp3) is 0.842. The van der Waals surface area contributed by atoms with E-state index in [1.54, 1.807) is 0 Å². The van der Waals surface area contributed by atoms with Crippen molar-refractivity contribution >= 4 is 6.21 Å². The average molecular weight is 308 g/mol. The van der Waals surface area contributed by atoms with Crippen molar-refractivity contribution in [3.63, 3.8) is 0 Å². The van der Waals surface area contributed by atoms with Crippen molar-refractivity contribution in [2.24, 2.45) is 10.7 Å². The molecule has 0 radical (unpaired) electrons. The van der Waals surface area contributed by atoms with Crippen LogP contribution in [0.1, 0.15) is 84.5 Å². The molecule has 1 aliphatic rings. The van der Waals surface area contributed by atoms with Crippen LogP contribution in [-0.2, 0) is 0 Å². The molecule has 0 saturated carbocycles. The molecule has 1 aliphatic heterocycles. The lowest BCUT2D eigenvalue weighted by Crippen LogP contribution is -2.43. The van der Waals surface area contributed by atoms with Crippen LogP contribution in [0.25, 0.3) is 0 Å². The highest BCUT2D eigenvalue weighted by molar-refractivity contribution is 5.62. The Morgan fingerprint density at radius 3 is 2.36 bits per heavy atom. The van der Waals surface area contributed by atoms with Gasteiger partial charge in [0.1, 0.15) is 6.17 Å². The van der Waals surface area contributed by atoms with Crippen molar-refractivity contribution in [1.29, 1.82) is 0 Å². The Bertz CT molecular complexity index is 310. The topological polar surface area (TPSA) is 41.6 Å². The fourth-order valence-corrected chi connectivity index (χ4v) is 3.08. The molecule has 2 N–H and O–H groups in total. The van der Waals surface area contributed by atoms with Crippen LogP contribution < -0.4 is 5.73 Å². The van der Waals surface area contributed by atoms with E-state index in [0.717, 1.165) is 6.54 Å². The molecule has 2 unspecified atom stereocenters. The quantitative estimate of drug-likeness (QED) is 0.389. The van der Waals surface area contributed by atoms with Gasteiger partial charge in [-0.1, -0.05) is 57.6 Å². The molecule has 0 fully saturated rings. The second-order valence-electron chi connectivity index (χ2n) is 6.54. The first kappa shape index (κ1) is 19.4. The molecule has 22 heavy (non-hydrogen) atoms. The van der Waals surface area contributed by atoms with E-state index in [4.69, 9.17) is 5.73 Å². The minimum atomic E-state index is 0.125. The Kier molecular flexibility index (Phi) is 11.3. The van der Waals surface area contributed by atoms with Gasteiger partial charge in [0.15, 0.2) is 0 Å². The van der Waals surface area contributed by atoms with E-state index in [1.165, 1.54) is 70.6 Å². The van der Waals surface area contributed by atoms with Gasteiger partial charge in [-0.15, -0.1) is 0 Å². The van der Waals surface area contributed by atoms with Gasteiger partial charge in [-0.3, -0.25) is 9.89 Å². The number of nitrogens with two attached hydrogens (primary N) is 1. The van der Waals surface area contributed by atoms with Crippen LogP contribution in [0.2, 0.25) is 0 Å². The Balaban J connectivity index is 1.86. The summed E-state index contributed by atoms with van der Waals surface area (Å²) in [5, 5.41) is 0. The number of aliphatic imine (C=N–C) groups is 1. The zero-order valence-corrected chi connectivity index (χ0v) is 14.8. The summed E-state index contributed by atoms with van der Waals surface area (Å²) in [6, 6.07) is 0. The first-order valence-electron chi connectivity index (χ1n) is 9.43. The van der Waals surface area contributed by atoms with E-state index in [-0.39, 0.29) is 6.17 Å². The van der Waals surface area contributed by atoms with Crippen LogP contribution in [0.3, 0.4) is 0 Å². The van der Waals surface area contributed by atoms with Gasteiger partial charge in [-0.05, 0) is 39.0 Å². The van der Waals surface area contributed by atoms with Crippen LogP contribution in [0.5, 0.6) is 0 Å². The SMILES string of the molecule is CC/C=C/CCCCCCCCCCC1N=CCN1C(C)N. The lowest BCUT2D eigenvalue weighted by atomic mass is 10.1. The van der Waals surface area contributed by atoms with Crippen LogP contribution in [0, 0.1) is 0 Å². The first-order valence-corrected chi connectivity index (χ1v) is 9.43. The van der Waals surface area contributed by atoms with E-state index < -0.39 is 0 Å². The van der Waals surface area contributed by atoms with Crippen molar-refractivity contribution in [2.75, 3.05) is 6.54 Å². The van der Waals surface area contributed by atoms with Gasteiger partial charge in [-0.25, -0.2) is 0 Å². The molecule has 1 rings (SSSR count). The maximum absolute atomic E-state index is 5.97. The molecular weight excluding hydrogens is 270 g/mol. The number of nitrogens with zero attached hydrogens (tertiary/aromatic N) is 2. The first-order chi connectivity index (χ1) is 10.8. The highest BCUT2D eigenvalue weighted by Gasteiger charge is 2.22. The third-order valence-electron chi connectivity index (χ3n) is 4.46. The predicted octanol–water partition coefficient (Wildman–Crippen LogP) is 4.87. The summed E-state index contributed by atoms with van der Waals surface area (Å²) >= 11 is 0. The summed E-state index contributed by atoms with van der Waals surface area (Å²) in [5.41, 5.74) is 5.97. The zero-order valence-electron chi connectivity index (χ0n) is 14.8. The average Bonchev–Trinajstić information content (AvgIpc) is 2.97. The monoisotopic (exact) mass is 307 g/mol. The molecule has 0 saturated heterocycles. The minimum Gasteiger partial charge on any atom is -0.316 e. The van der Waals surface area contributed by atoms with Crippen LogP contribution >= 0.6 is 0 Å². The molecule has 0 spiro atoms. The van der Waals surface area contributed by atoms with Crippen molar-refractivity contribution < 1.29 is 0 Å². The number of unbranched alkanes of at least 4 members (excludes halogenated alkanes) is 8. The van der Waals surface area contributed by atoms with Gasteiger partial charge < -0.3 is 5.73 Å². The van der Waals surface area contributed by atoms with Gasteiger partial charge in [0.25, 0.3) is 0 Å². The van der Waals surface area contributed by atoms with Crippen molar-refractivity contribution in [1.82, 2.24) is 4.90 Å². The van der Waals surface area contributed by atoms with Crippen molar-refractivity contribution in [3.05, 3.63) is 12.2 Å². The second kappa shape index (κ2) is 12.8. The zero-order chi connectivity index (χ0) is 16.0. The molecule has 128 valence electrons. The van der Waals surface area contributed by atoms with Gasteiger partial charge in [-0.2, -0.15) is 0 Å². The number of hydrogen-bond acceptors (Lipinski definition) is 3. The lowest BCUT2D eigenvalue weighted by molar-refractivity contribution is 0.182. The normalized spacial score (nSPS) is 20.2. The molecule has 0 aromatic rings. The highest BCUT2D eigenvalue weighted by atomic mass is 15.3. The molecule has 2 atom stereocenters. The predicted molar refractivity (Wildman–Crippen MR) is 98.2 cm³/mol. The van der Waals surface area contributed by atoms with E-state index in [9.17, 15) is 0 Å². The molecule has 3 heteroatoms. The Morgan fingerprint density at radius 2 is 1.73 bits per heavy atom. The Hall–Kier alpha value is -0.670. The van der Waals surface area contributed by atoms with E-state index in [2.05, 4.69) is 35.9 Å². The van der Waals surface area contributed by atoms with Crippen molar-refractivity contribution in [2.45, 2.75) is 96.8 Å². The van der Waals surface area contributed by atoms with Crippen LogP contribution in [0.4, 0.5) is 0 Å². The third-order valence-corrected chi connectivity index (χ3v) is 4.46. The molecule has 1 heterocycles. The van der Waals surface area contributed by atoms with Crippen LogP contribution in [-0.4, -0.2) is 30.0 Å². The molecule has 3 nitrogen and oxygen atoms in total. The molecule has 0 amide bonds.